The number of likely N-dealkylation sites (tertiary alicyclic amines) is 1. The molecule has 0 radical (unpaired) electrons. The molecule has 11 nitrogen and oxygen atoms in total. The Morgan fingerprint density at radius 1 is 1.14 bits per heavy atom. The zero-order chi connectivity index (χ0) is 30.5. The van der Waals surface area contributed by atoms with Gasteiger partial charge in [-0.2, -0.15) is 4.98 Å². The summed E-state index contributed by atoms with van der Waals surface area (Å²) in [5.74, 6) is 1.09. The highest BCUT2D eigenvalue weighted by molar-refractivity contribution is 6.41. The second kappa shape index (κ2) is 14.0. The molecule has 1 aromatic carbocycles. The molecule has 0 spiro atoms. The summed E-state index contributed by atoms with van der Waals surface area (Å²) < 4.78 is 24.0. The number of rotatable bonds is 13. The Hall–Kier alpha value is -3.35. The van der Waals surface area contributed by atoms with Crippen molar-refractivity contribution in [3.63, 3.8) is 0 Å². The van der Waals surface area contributed by atoms with Gasteiger partial charge in [0.05, 0.1) is 62.3 Å². The number of methoxy groups -OCH3 is 2. The van der Waals surface area contributed by atoms with Gasteiger partial charge in [0.1, 0.15) is 17.1 Å². The molecule has 0 bridgehead atoms. The van der Waals surface area contributed by atoms with E-state index in [0.29, 0.717) is 47.2 Å². The number of fused-ring (bicyclic) bond motifs is 1. The highest BCUT2D eigenvalue weighted by Gasteiger charge is 2.28. The third kappa shape index (κ3) is 6.76. The second-order valence-corrected chi connectivity index (χ2v) is 11.0. The van der Waals surface area contributed by atoms with Gasteiger partial charge in [-0.1, -0.05) is 36.4 Å². The summed E-state index contributed by atoms with van der Waals surface area (Å²) >= 11 is 13.4. The highest BCUT2D eigenvalue weighted by atomic mass is 35.5. The molecule has 2 saturated heterocycles. The van der Waals surface area contributed by atoms with Crippen LogP contribution in [-0.2, 0) is 16.0 Å². The van der Waals surface area contributed by atoms with Gasteiger partial charge < -0.3 is 29.2 Å². The lowest BCUT2D eigenvalue weighted by Crippen LogP contribution is -2.51. The van der Waals surface area contributed by atoms with Crippen molar-refractivity contribution in [1.82, 2.24) is 24.3 Å². The molecular formula is C30H36Cl2N6O5. The maximum atomic E-state index is 14.1. The Morgan fingerprint density at radius 2 is 1.84 bits per heavy atom. The SMILES string of the molecule is C=CC(=C)N1CC(OCCn2c(=O)c(-c3c(Cl)c(OC)cc(OC)c3Cl)cc3cnc(NCCN4CCOCC4)nc32)C1. The molecule has 2 fully saturated rings. The van der Waals surface area contributed by atoms with Gasteiger partial charge in [0.25, 0.3) is 5.56 Å². The van der Waals surface area contributed by atoms with E-state index in [-0.39, 0.29) is 33.8 Å². The van der Waals surface area contributed by atoms with E-state index in [2.05, 4.69) is 33.3 Å². The van der Waals surface area contributed by atoms with Gasteiger partial charge in [-0.15, -0.1) is 0 Å². The number of hydrogen-bond donors (Lipinski definition) is 1. The summed E-state index contributed by atoms with van der Waals surface area (Å²) in [6, 6.07) is 3.28. The molecule has 1 N–H and O–H groups in total. The predicted octanol–water partition coefficient (Wildman–Crippen LogP) is 3.93. The molecule has 2 aliphatic rings. The fourth-order valence-electron chi connectivity index (χ4n) is 5.12. The van der Waals surface area contributed by atoms with E-state index < -0.39 is 0 Å². The standard InChI is InChI=1S/C30H36Cl2N6O5/c1-5-19(2)37-17-21(18-37)43-13-10-38-28-20(16-34-30(35-28)33-6-7-36-8-11-42-12-9-36)14-22(29(38)39)25-26(31)23(40-3)15-24(41-4)27(25)32/h5,14-16,21H,1-2,6-13,17-18H2,3-4H3,(H,33,34,35). The minimum absolute atomic E-state index is 0.0282. The number of nitrogens with zero attached hydrogens (tertiary/aromatic N) is 5. The molecule has 0 aliphatic carbocycles. The summed E-state index contributed by atoms with van der Waals surface area (Å²) in [5, 5.41) is 4.33. The first-order chi connectivity index (χ1) is 20.8. The summed E-state index contributed by atoms with van der Waals surface area (Å²) in [6.45, 7) is 14.5. The van der Waals surface area contributed by atoms with Crippen molar-refractivity contribution in [3.05, 3.63) is 63.7 Å². The van der Waals surface area contributed by atoms with E-state index in [1.807, 2.05) is 0 Å². The number of nitrogens with one attached hydrogen (secondary N) is 1. The van der Waals surface area contributed by atoms with E-state index in [4.69, 9.17) is 47.1 Å². The van der Waals surface area contributed by atoms with Crippen LogP contribution >= 0.6 is 23.2 Å². The van der Waals surface area contributed by atoms with Crippen LogP contribution in [0.4, 0.5) is 5.95 Å². The number of anilines is 1. The summed E-state index contributed by atoms with van der Waals surface area (Å²) in [7, 11) is 2.98. The molecule has 13 heteroatoms. The van der Waals surface area contributed by atoms with Gasteiger partial charge in [0.2, 0.25) is 5.95 Å². The molecule has 0 amide bonds. The molecule has 0 atom stereocenters. The number of aromatic nitrogens is 3. The molecule has 3 aromatic rings. The Balaban J connectivity index is 1.46. The number of allylic oxidation sites excluding steroid dienone is 1. The lowest BCUT2D eigenvalue weighted by atomic mass is 10.0. The second-order valence-electron chi connectivity index (χ2n) is 10.2. The molecule has 43 heavy (non-hydrogen) atoms. The Bertz CT molecular complexity index is 1520. The highest BCUT2D eigenvalue weighted by Crippen LogP contribution is 2.45. The number of morpholine rings is 1. The summed E-state index contributed by atoms with van der Waals surface area (Å²) in [4.78, 5) is 27.8. The van der Waals surface area contributed by atoms with Gasteiger partial charge in [-0.25, -0.2) is 4.98 Å². The van der Waals surface area contributed by atoms with E-state index in [1.54, 1.807) is 29.0 Å². The quantitative estimate of drug-likeness (QED) is 0.279. The molecular weight excluding hydrogens is 595 g/mol. The average molecular weight is 632 g/mol. The van der Waals surface area contributed by atoms with Gasteiger partial charge >= 0.3 is 0 Å². The summed E-state index contributed by atoms with van der Waals surface area (Å²) in [6.07, 6.45) is 3.44. The molecule has 5 rings (SSSR count). The van der Waals surface area contributed by atoms with Crippen molar-refractivity contribution >= 4 is 40.2 Å². The monoisotopic (exact) mass is 630 g/mol. The topological polar surface area (TPSA) is 103 Å². The maximum Gasteiger partial charge on any atom is 0.260 e. The van der Waals surface area contributed by atoms with E-state index in [1.165, 1.54) is 14.2 Å². The molecule has 230 valence electrons. The Kier molecular flexibility index (Phi) is 10.1. The minimum atomic E-state index is -0.330. The third-order valence-corrected chi connectivity index (χ3v) is 8.39. The first kappa shape index (κ1) is 31.1. The zero-order valence-corrected chi connectivity index (χ0v) is 25.9. The van der Waals surface area contributed by atoms with Crippen molar-refractivity contribution in [2.24, 2.45) is 0 Å². The van der Waals surface area contributed by atoms with Crippen molar-refractivity contribution in [2.75, 3.05) is 78.6 Å². The molecule has 4 heterocycles. The van der Waals surface area contributed by atoms with Gasteiger partial charge in [0, 0.05) is 68.2 Å². The first-order valence-corrected chi connectivity index (χ1v) is 14.8. The van der Waals surface area contributed by atoms with Gasteiger partial charge in [-0.05, 0) is 12.1 Å². The van der Waals surface area contributed by atoms with Crippen LogP contribution < -0.4 is 20.3 Å². The third-order valence-electron chi connectivity index (χ3n) is 7.64. The van der Waals surface area contributed by atoms with Crippen LogP contribution in [0.1, 0.15) is 0 Å². The minimum Gasteiger partial charge on any atom is -0.495 e. The number of benzene rings is 1. The first-order valence-electron chi connectivity index (χ1n) is 14.1. The van der Waals surface area contributed by atoms with Crippen LogP contribution in [-0.4, -0.2) is 104 Å². The van der Waals surface area contributed by atoms with Crippen molar-refractivity contribution in [1.29, 1.82) is 0 Å². The van der Waals surface area contributed by atoms with Crippen molar-refractivity contribution in [2.45, 2.75) is 12.6 Å². The van der Waals surface area contributed by atoms with E-state index in [0.717, 1.165) is 51.6 Å². The number of hydrogen-bond acceptors (Lipinski definition) is 10. The van der Waals surface area contributed by atoms with Crippen LogP contribution in [0, 0.1) is 0 Å². The largest absolute Gasteiger partial charge is 0.495 e. The van der Waals surface area contributed by atoms with Gasteiger partial charge in [0.15, 0.2) is 0 Å². The van der Waals surface area contributed by atoms with Gasteiger partial charge in [-0.3, -0.25) is 14.3 Å². The molecule has 2 aliphatic heterocycles. The number of ether oxygens (including phenoxy) is 4. The average Bonchev–Trinajstić information content (AvgIpc) is 3.00. The number of halogens is 2. The normalized spacial score (nSPS) is 15.8. The predicted molar refractivity (Wildman–Crippen MR) is 169 cm³/mol. The Labute approximate surface area is 260 Å². The smallest absolute Gasteiger partial charge is 0.260 e. The van der Waals surface area contributed by atoms with Crippen LogP contribution in [0.3, 0.4) is 0 Å². The zero-order valence-electron chi connectivity index (χ0n) is 24.4. The van der Waals surface area contributed by atoms with E-state index in [9.17, 15) is 4.79 Å². The van der Waals surface area contributed by atoms with Crippen molar-refractivity contribution in [3.8, 4) is 22.6 Å². The number of pyridine rings is 1. The fraction of sp³-hybridized carbons (Fsp3) is 0.433. The molecule has 0 saturated carbocycles. The van der Waals surface area contributed by atoms with E-state index >= 15 is 0 Å². The fourth-order valence-corrected chi connectivity index (χ4v) is 5.83. The van der Waals surface area contributed by atoms with Crippen molar-refractivity contribution < 1.29 is 18.9 Å². The van der Waals surface area contributed by atoms with Crippen LogP contribution in [0.5, 0.6) is 11.5 Å². The summed E-state index contributed by atoms with van der Waals surface area (Å²) in [5.41, 5.74) is 1.59. The maximum absolute atomic E-state index is 14.1. The molecule has 0 unspecified atom stereocenters. The Morgan fingerprint density at radius 3 is 2.49 bits per heavy atom. The van der Waals surface area contributed by atoms with Crippen LogP contribution in [0.25, 0.3) is 22.2 Å². The molecule has 2 aromatic heterocycles. The lowest BCUT2D eigenvalue weighted by molar-refractivity contribution is -0.0403. The van der Waals surface area contributed by atoms with Crippen LogP contribution in [0.15, 0.2) is 48.1 Å². The lowest BCUT2D eigenvalue weighted by Gasteiger charge is -2.40. The van der Waals surface area contributed by atoms with Crippen LogP contribution in [0.2, 0.25) is 10.0 Å².